The average molecular weight is 365 g/mol. The Morgan fingerprint density at radius 3 is 2.44 bits per heavy atom. The number of pyridine rings is 1. The maximum atomic E-state index is 13.1. The smallest absolute Gasteiger partial charge is 0.338 e. The lowest BCUT2D eigenvalue weighted by Gasteiger charge is -2.10. The number of fused-ring (bicyclic) bond motifs is 1. The van der Waals surface area contributed by atoms with E-state index in [9.17, 15) is 9.59 Å². The summed E-state index contributed by atoms with van der Waals surface area (Å²) >= 11 is 0. The number of hydrogen-bond acceptors (Lipinski definition) is 4. The molecule has 0 atom stereocenters. The number of nitrogens with one attached hydrogen (secondary N) is 1. The van der Waals surface area contributed by atoms with Crippen molar-refractivity contribution in [1.29, 1.82) is 0 Å². The van der Waals surface area contributed by atoms with Crippen LogP contribution in [0.15, 0.2) is 47.3 Å². The molecule has 3 aromatic rings. The van der Waals surface area contributed by atoms with Crippen LogP contribution in [0.1, 0.15) is 41.0 Å². The molecule has 0 aliphatic rings. The van der Waals surface area contributed by atoms with Crippen molar-refractivity contribution in [3.05, 3.63) is 75.1 Å². The van der Waals surface area contributed by atoms with Crippen LogP contribution in [-0.4, -0.2) is 24.2 Å². The molecule has 5 nitrogen and oxygen atoms in total. The normalized spacial score (nSPS) is 10.8. The Hall–Kier alpha value is -3.08. The molecule has 0 fully saturated rings. The zero-order valence-electron chi connectivity index (χ0n) is 15.8. The molecule has 5 heteroatoms. The second-order valence-electron chi connectivity index (χ2n) is 6.29. The standard InChI is InChI=1S/C22H23NO4/c1-4-26-17-9-6-15(7-10-17)12-18-14(3)23-20-11-8-16(22(25)27-5-2)13-19(20)21(18)24/h6-11,13H,4-5,12H2,1-3H3,(H,23,24). The maximum Gasteiger partial charge on any atom is 0.338 e. The number of aromatic nitrogens is 1. The van der Waals surface area contributed by atoms with Gasteiger partial charge in [0.25, 0.3) is 0 Å². The van der Waals surface area contributed by atoms with Crippen LogP contribution in [0, 0.1) is 6.92 Å². The molecule has 0 radical (unpaired) electrons. The summed E-state index contributed by atoms with van der Waals surface area (Å²) in [5, 5.41) is 0.493. The molecule has 140 valence electrons. The third kappa shape index (κ3) is 4.03. The Bertz CT molecular complexity index is 1020. The Kier molecular flexibility index (Phi) is 5.60. The Balaban J connectivity index is 1.99. The fourth-order valence-corrected chi connectivity index (χ4v) is 3.08. The molecule has 27 heavy (non-hydrogen) atoms. The monoisotopic (exact) mass is 365 g/mol. The third-order valence-corrected chi connectivity index (χ3v) is 4.44. The number of ether oxygens (including phenoxy) is 2. The van der Waals surface area contributed by atoms with Crippen molar-refractivity contribution in [1.82, 2.24) is 4.98 Å². The van der Waals surface area contributed by atoms with Crippen LogP contribution in [0.25, 0.3) is 10.9 Å². The van der Waals surface area contributed by atoms with Crippen molar-refractivity contribution in [2.45, 2.75) is 27.2 Å². The fourth-order valence-electron chi connectivity index (χ4n) is 3.08. The van der Waals surface area contributed by atoms with Crippen molar-refractivity contribution in [3.63, 3.8) is 0 Å². The van der Waals surface area contributed by atoms with Gasteiger partial charge < -0.3 is 14.5 Å². The highest BCUT2D eigenvalue weighted by Crippen LogP contribution is 2.18. The Morgan fingerprint density at radius 1 is 1.04 bits per heavy atom. The van der Waals surface area contributed by atoms with Gasteiger partial charge in [-0.3, -0.25) is 4.79 Å². The minimum absolute atomic E-state index is 0.0683. The Morgan fingerprint density at radius 2 is 1.78 bits per heavy atom. The lowest BCUT2D eigenvalue weighted by molar-refractivity contribution is 0.0526. The predicted octanol–water partition coefficient (Wildman–Crippen LogP) is 4.00. The van der Waals surface area contributed by atoms with Gasteiger partial charge in [0.2, 0.25) is 0 Å². The van der Waals surface area contributed by atoms with Gasteiger partial charge in [0, 0.05) is 28.6 Å². The van der Waals surface area contributed by atoms with Gasteiger partial charge in [0.15, 0.2) is 5.43 Å². The molecule has 3 rings (SSSR count). The van der Waals surface area contributed by atoms with Crippen molar-refractivity contribution < 1.29 is 14.3 Å². The van der Waals surface area contributed by atoms with Crippen LogP contribution in [0.4, 0.5) is 0 Å². The number of carbonyl (C=O) groups excluding carboxylic acids is 1. The maximum absolute atomic E-state index is 13.1. The molecule has 2 aromatic carbocycles. The molecular formula is C22H23NO4. The zero-order chi connectivity index (χ0) is 19.4. The molecule has 0 saturated carbocycles. The average Bonchev–Trinajstić information content (AvgIpc) is 2.66. The molecule has 0 saturated heterocycles. The lowest BCUT2D eigenvalue weighted by atomic mass is 10.00. The van der Waals surface area contributed by atoms with E-state index in [1.54, 1.807) is 25.1 Å². The predicted molar refractivity (Wildman–Crippen MR) is 106 cm³/mol. The van der Waals surface area contributed by atoms with Gasteiger partial charge in [-0.1, -0.05) is 12.1 Å². The van der Waals surface area contributed by atoms with Crippen LogP contribution in [0.2, 0.25) is 0 Å². The number of rotatable bonds is 6. The molecule has 0 aliphatic heterocycles. The van der Waals surface area contributed by atoms with Crippen LogP contribution < -0.4 is 10.2 Å². The molecule has 0 bridgehead atoms. The zero-order valence-corrected chi connectivity index (χ0v) is 15.8. The van der Waals surface area contributed by atoms with Crippen LogP contribution in [-0.2, 0) is 11.2 Å². The molecular weight excluding hydrogens is 342 g/mol. The van der Waals surface area contributed by atoms with E-state index in [1.807, 2.05) is 38.1 Å². The summed E-state index contributed by atoms with van der Waals surface area (Å²) in [5.41, 5.74) is 3.55. The van der Waals surface area contributed by atoms with Crippen molar-refractivity contribution in [2.24, 2.45) is 0 Å². The van der Waals surface area contributed by atoms with E-state index < -0.39 is 5.97 Å². The number of H-pyrrole nitrogens is 1. The topological polar surface area (TPSA) is 68.4 Å². The number of benzene rings is 2. The Labute approximate surface area is 157 Å². The first kappa shape index (κ1) is 18.7. The van der Waals surface area contributed by atoms with Gasteiger partial charge in [-0.05, 0) is 56.7 Å². The molecule has 0 aliphatic carbocycles. The molecule has 0 spiro atoms. The largest absolute Gasteiger partial charge is 0.494 e. The fraction of sp³-hybridized carbons (Fsp3) is 0.273. The van der Waals surface area contributed by atoms with E-state index in [2.05, 4.69) is 4.98 Å². The second kappa shape index (κ2) is 8.08. The van der Waals surface area contributed by atoms with Crippen molar-refractivity contribution in [3.8, 4) is 5.75 Å². The minimum atomic E-state index is -0.424. The van der Waals surface area contributed by atoms with Gasteiger partial charge in [-0.15, -0.1) is 0 Å². The number of aryl methyl sites for hydroxylation is 1. The summed E-state index contributed by atoms with van der Waals surface area (Å²) in [7, 11) is 0. The quantitative estimate of drug-likeness (QED) is 0.671. The van der Waals surface area contributed by atoms with E-state index >= 15 is 0 Å². The highest BCUT2D eigenvalue weighted by molar-refractivity contribution is 5.94. The van der Waals surface area contributed by atoms with E-state index in [1.165, 1.54) is 0 Å². The van der Waals surface area contributed by atoms with E-state index in [-0.39, 0.29) is 5.43 Å². The van der Waals surface area contributed by atoms with E-state index in [4.69, 9.17) is 9.47 Å². The van der Waals surface area contributed by atoms with Crippen LogP contribution in [0.5, 0.6) is 5.75 Å². The van der Waals surface area contributed by atoms with Crippen molar-refractivity contribution >= 4 is 16.9 Å². The van der Waals surface area contributed by atoms with Crippen LogP contribution in [0.3, 0.4) is 0 Å². The summed E-state index contributed by atoms with van der Waals surface area (Å²) in [6, 6.07) is 12.8. The first-order chi connectivity index (χ1) is 13.0. The molecule has 1 N–H and O–H groups in total. The first-order valence-electron chi connectivity index (χ1n) is 9.07. The highest BCUT2D eigenvalue weighted by atomic mass is 16.5. The molecule has 1 heterocycles. The lowest BCUT2D eigenvalue weighted by Crippen LogP contribution is -2.15. The molecule has 0 amide bonds. The molecule has 1 aromatic heterocycles. The summed E-state index contributed by atoms with van der Waals surface area (Å²) in [5.74, 6) is 0.386. The van der Waals surface area contributed by atoms with Gasteiger partial charge in [0.05, 0.1) is 18.8 Å². The third-order valence-electron chi connectivity index (χ3n) is 4.44. The molecule has 0 unspecified atom stereocenters. The minimum Gasteiger partial charge on any atom is -0.494 e. The summed E-state index contributed by atoms with van der Waals surface area (Å²) in [6.07, 6.45) is 0.507. The SMILES string of the molecule is CCOC(=O)c1ccc2[nH]c(C)c(Cc3ccc(OCC)cc3)c(=O)c2c1. The van der Waals surface area contributed by atoms with Gasteiger partial charge >= 0.3 is 5.97 Å². The van der Waals surface area contributed by atoms with Gasteiger partial charge in [-0.25, -0.2) is 4.79 Å². The first-order valence-corrected chi connectivity index (χ1v) is 9.07. The number of aromatic amines is 1. The van der Waals surface area contributed by atoms with E-state index in [0.29, 0.717) is 41.7 Å². The summed E-state index contributed by atoms with van der Waals surface area (Å²) in [4.78, 5) is 28.3. The second-order valence-corrected chi connectivity index (χ2v) is 6.29. The van der Waals surface area contributed by atoms with Gasteiger partial charge in [-0.2, -0.15) is 0 Å². The van der Waals surface area contributed by atoms with Crippen molar-refractivity contribution in [2.75, 3.05) is 13.2 Å². The number of carbonyl (C=O) groups is 1. The van der Waals surface area contributed by atoms with Gasteiger partial charge in [0.1, 0.15) is 5.75 Å². The highest BCUT2D eigenvalue weighted by Gasteiger charge is 2.13. The summed E-state index contributed by atoms with van der Waals surface area (Å²) in [6.45, 7) is 6.50. The van der Waals surface area contributed by atoms with E-state index in [0.717, 1.165) is 17.0 Å². The summed E-state index contributed by atoms with van der Waals surface area (Å²) < 4.78 is 10.5. The number of hydrogen-bond donors (Lipinski definition) is 1. The van der Waals surface area contributed by atoms with Crippen LogP contribution >= 0.6 is 0 Å². The number of esters is 1.